The largest absolute Gasteiger partial charge is 0.357 e. The van der Waals surface area contributed by atoms with E-state index in [2.05, 4.69) is 37.6 Å². The lowest BCUT2D eigenvalue weighted by Crippen LogP contribution is -2.36. The van der Waals surface area contributed by atoms with Gasteiger partial charge in [0.25, 0.3) is 0 Å². The highest BCUT2D eigenvalue weighted by atomic mass is 127. The van der Waals surface area contributed by atoms with Crippen LogP contribution in [0.25, 0.3) is 0 Å². The molecule has 152 valence electrons. The Bertz CT molecular complexity index is 743. The van der Waals surface area contributed by atoms with Gasteiger partial charge in [0, 0.05) is 39.4 Å². The van der Waals surface area contributed by atoms with E-state index in [-0.39, 0.29) is 29.8 Å². The van der Waals surface area contributed by atoms with E-state index in [9.17, 15) is 4.39 Å². The molecule has 1 aromatic heterocycles. The third-order valence-corrected chi connectivity index (χ3v) is 4.77. The number of anilines is 1. The second-order valence-electron chi connectivity index (χ2n) is 6.84. The normalized spacial score (nSPS) is 14.8. The van der Waals surface area contributed by atoms with Crippen LogP contribution in [-0.4, -0.2) is 31.1 Å². The number of hydrogen-bond donors (Lipinski definition) is 2. The average Bonchev–Trinajstić information content (AvgIpc) is 2.98. The number of halogens is 2. The second kappa shape index (κ2) is 11.8. The third-order valence-electron chi connectivity index (χ3n) is 4.77. The molecule has 0 spiro atoms. The summed E-state index contributed by atoms with van der Waals surface area (Å²) in [5, 5.41) is 6.47. The maximum atomic E-state index is 13.2. The first-order valence-corrected chi connectivity index (χ1v) is 9.63. The van der Waals surface area contributed by atoms with Crippen LogP contribution < -0.4 is 15.5 Å². The quantitative estimate of drug-likeness (QED) is 0.372. The zero-order valence-corrected chi connectivity index (χ0v) is 18.7. The maximum absolute atomic E-state index is 13.2. The van der Waals surface area contributed by atoms with Crippen molar-refractivity contribution < 1.29 is 4.39 Å². The summed E-state index contributed by atoms with van der Waals surface area (Å²) >= 11 is 0. The fraction of sp³-hybridized carbons (Fsp3) is 0.429. The van der Waals surface area contributed by atoms with Crippen molar-refractivity contribution in [2.24, 2.45) is 4.99 Å². The van der Waals surface area contributed by atoms with Crippen LogP contribution in [0.15, 0.2) is 47.6 Å². The Morgan fingerprint density at radius 3 is 2.36 bits per heavy atom. The standard InChI is InChI=1S/C21H28FN5.HI/c1-23-21(25-14-17-7-6-8-19(22)13-17)26-16-18-9-10-20(24-15-18)27-11-4-2-3-5-12-27;/h6-10,13,15H,2-5,11-12,14,16H2,1H3,(H2,23,25,26);1H. The van der Waals surface area contributed by atoms with Crippen LogP contribution in [0.1, 0.15) is 36.8 Å². The first-order chi connectivity index (χ1) is 13.2. The van der Waals surface area contributed by atoms with Gasteiger partial charge in [0.1, 0.15) is 11.6 Å². The van der Waals surface area contributed by atoms with Gasteiger partial charge in [-0.25, -0.2) is 9.37 Å². The molecule has 1 aromatic carbocycles. The van der Waals surface area contributed by atoms with E-state index in [0.29, 0.717) is 19.0 Å². The molecular formula is C21H29FIN5. The summed E-state index contributed by atoms with van der Waals surface area (Å²) in [6.07, 6.45) is 7.06. The fourth-order valence-corrected chi connectivity index (χ4v) is 3.25. The lowest BCUT2D eigenvalue weighted by Gasteiger charge is -2.21. The van der Waals surface area contributed by atoms with Crippen molar-refractivity contribution in [1.82, 2.24) is 15.6 Å². The molecule has 2 heterocycles. The minimum Gasteiger partial charge on any atom is -0.357 e. The van der Waals surface area contributed by atoms with Crippen LogP contribution in [0.4, 0.5) is 10.2 Å². The molecule has 0 amide bonds. The van der Waals surface area contributed by atoms with Crippen molar-refractivity contribution >= 4 is 35.8 Å². The number of benzene rings is 1. The third kappa shape index (κ3) is 6.92. The highest BCUT2D eigenvalue weighted by Crippen LogP contribution is 2.17. The molecule has 5 nitrogen and oxygen atoms in total. The average molecular weight is 497 g/mol. The summed E-state index contributed by atoms with van der Waals surface area (Å²) in [6.45, 7) is 3.35. The monoisotopic (exact) mass is 497 g/mol. The number of guanidine groups is 1. The molecule has 1 aliphatic rings. The highest BCUT2D eigenvalue weighted by Gasteiger charge is 2.10. The van der Waals surface area contributed by atoms with Crippen molar-refractivity contribution in [2.45, 2.75) is 38.8 Å². The molecule has 0 atom stereocenters. The van der Waals surface area contributed by atoms with Gasteiger partial charge in [0.15, 0.2) is 5.96 Å². The summed E-state index contributed by atoms with van der Waals surface area (Å²) in [4.78, 5) is 11.2. The fourth-order valence-electron chi connectivity index (χ4n) is 3.25. The van der Waals surface area contributed by atoms with Crippen LogP contribution in [-0.2, 0) is 13.1 Å². The van der Waals surface area contributed by atoms with Crippen molar-refractivity contribution in [3.63, 3.8) is 0 Å². The van der Waals surface area contributed by atoms with Crippen LogP contribution in [0.2, 0.25) is 0 Å². The molecule has 0 aliphatic carbocycles. The number of rotatable bonds is 5. The predicted molar refractivity (Wildman–Crippen MR) is 124 cm³/mol. The topological polar surface area (TPSA) is 52.6 Å². The molecular weight excluding hydrogens is 468 g/mol. The number of aliphatic imine (C=N–C) groups is 1. The van der Waals surface area contributed by atoms with Gasteiger partial charge in [-0.3, -0.25) is 4.99 Å². The Morgan fingerprint density at radius 1 is 1.04 bits per heavy atom. The van der Waals surface area contributed by atoms with Crippen LogP contribution in [0.5, 0.6) is 0 Å². The van der Waals surface area contributed by atoms with Gasteiger partial charge in [-0.2, -0.15) is 0 Å². The van der Waals surface area contributed by atoms with Gasteiger partial charge >= 0.3 is 0 Å². The van der Waals surface area contributed by atoms with Crippen molar-refractivity contribution in [2.75, 3.05) is 25.0 Å². The molecule has 1 aliphatic heterocycles. The number of nitrogens with one attached hydrogen (secondary N) is 2. The summed E-state index contributed by atoms with van der Waals surface area (Å²) in [5.41, 5.74) is 1.98. The highest BCUT2D eigenvalue weighted by molar-refractivity contribution is 14.0. The lowest BCUT2D eigenvalue weighted by molar-refractivity contribution is 0.624. The van der Waals surface area contributed by atoms with Crippen LogP contribution in [0, 0.1) is 5.82 Å². The van der Waals surface area contributed by atoms with E-state index in [1.165, 1.54) is 37.8 Å². The lowest BCUT2D eigenvalue weighted by atomic mass is 10.2. The van der Waals surface area contributed by atoms with E-state index in [1.807, 2.05) is 12.3 Å². The minimum atomic E-state index is -0.229. The van der Waals surface area contributed by atoms with Gasteiger partial charge in [0.05, 0.1) is 0 Å². The summed E-state index contributed by atoms with van der Waals surface area (Å²) < 4.78 is 13.2. The van der Waals surface area contributed by atoms with Crippen LogP contribution >= 0.6 is 24.0 Å². The number of nitrogens with zero attached hydrogens (tertiary/aromatic N) is 3. The van der Waals surface area contributed by atoms with E-state index >= 15 is 0 Å². The summed E-state index contributed by atoms with van der Waals surface area (Å²) in [5.74, 6) is 1.51. The van der Waals surface area contributed by atoms with Gasteiger partial charge in [-0.1, -0.05) is 31.0 Å². The number of hydrogen-bond acceptors (Lipinski definition) is 3. The zero-order chi connectivity index (χ0) is 18.9. The van der Waals surface area contributed by atoms with E-state index in [4.69, 9.17) is 0 Å². The van der Waals surface area contributed by atoms with Gasteiger partial charge in [0.2, 0.25) is 0 Å². The molecule has 0 unspecified atom stereocenters. The van der Waals surface area contributed by atoms with E-state index in [1.54, 1.807) is 13.1 Å². The Balaban J connectivity index is 0.00000280. The Hall–Kier alpha value is -1.90. The SMILES string of the molecule is CN=C(NCc1ccc(N2CCCCCC2)nc1)NCc1cccc(F)c1.I. The van der Waals surface area contributed by atoms with Gasteiger partial charge in [-0.15, -0.1) is 24.0 Å². The first-order valence-electron chi connectivity index (χ1n) is 9.63. The van der Waals surface area contributed by atoms with Crippen molar-refractivity contribution in [3.05, 3.63) is 59.5 Å². The van der Waals surface area contributed by atoms with E-state index < -0.39 is 0 Å². The van der Waals surface area contributed by atoms with Crippen molar-refractivity contribution in [3.8, 4) is 0 Å². The second-order valence-corrected chi connectivity index (χ2v) is 6.84. The Morgan fingerprint density at radius 2 is 1.75 bits per heavy atom. The summed E-state index contributed by atoms with van der Waals surface area (Å²) in [6, 6.07) is 10.8. The Kier molecular flexibility index (Phi) is 9.46. The van der Waals surface area contributed by atoms with Crippen LogP contribution in [0.3, 0.4) is 0 Å². The molecule has 7 heteroatoms. The zero-order valence-electron chi connectivity index (χ0n) is 16.3. The number of aromatic nitrogens is 1. The van der Waals surface area contributed by atoms with Crippen molar-refractivity contribution in [1.29, 1.82) is 0 Å². The molecule has 2 aromatic rings. The maximum Gasteiger partial charge on any atom is 0.191 e. The van der Waals surface area contributed by atoms with Gasteiger partial charge < -0.3 is 15.5 Å². The molecule has 0 bridgehead atoms. The summed E-state index contributed by atoms with van der Waals surface area (Å²) in [7, 11) is 1.72. The predicted octanol–water partition coefficient (Wildman–Crippen LogP) is 4.08. The minimum absolute atomic E-state index is 0. The smallest absolute Gasteiger partial charge is 0.191 e. The van der Waals surface area contributed by atoms with E-state index in [0.717, 1.165) is 30.0 Å². The molecule has 28 heavy (non-hydrogen) atoms. The van der Waals surface area contributed by atoms with Gasteiger partial charge in [-0.05, 0) is 42.2 Å². The molecule has 1 saturated heterocycles. The Labute approximate surface area is 183 Å². The molecule has 0 saturated carbocycles. The number of pyridine rings is 1. The molecule has 2 N–H and O–H groups in total. The molecule has 0 radical (unpaired) electrons. The molecule has 1 fully saturated rings. The first kappa shape index (κ1) is 22.4. The molecule has 3 rings (SSSR count).